The number of nitrogens with two attached hydrogens (primary N) is 1. The van der Waals surface area contributed by atoms with E-state index in [0.717, 1.165) is 26.7 Å². The molecular weight excluding hydrogens is 372 g/mol. The zero-order valence-corrected chi connectivity index (χ0v) is 17.9. The number of benzene rings is 1. The van der Waals surface area contributed by atoms with Crippen molar-refractivity contribution in [3.63, 3.8) is 0 Å². The summed E-state index contributed by atoms with van der Waals surface area (Å²) >= 11 is 5.70. The number of aromatic amines is 1. The van der Waals surface area contributed by atoms with E-state index in [9.17, 15) is 0 Å². The van der Waals surface area contributed by atoms with E-state index in [1.807, 2.05) is 50.5 Å². The van der Waals surface area contributed by atoms with Gasteiger partial charge in [0.25, 0.3) is 0 Å². The summed E-state index contributed by atoms with van der Waals surface area (Å²) in [6, 6.07) is 14.3. The van der Waals surface area contributed by atoms with Crippen LogP contribution in [0, 0.1) is 0 Å². The van der Waals surface area contributed by atoms with Gasteiger partial charge in [0, 0.05) is 18.0 Å². The van der Waals surface area contributed by atoms with Gasteiger partial charge in [-0.25, -0.2) is 0 Å². The molecule has 27 heavy (non-hydrogen) atoms. The maximum atomic E-state index is 4.85. The highest BCUT2D eigenvalue weighted by molar-refractivity contribution is 7.82. The number of hydrogen-bond donors (Lipinski definition) is 4. The van der Waals surface area contributed by atoms with Gasteiger partial charge < -0.3 is 16.1 Å². The molecule has 2 aromatic heterocycles. The summed E-state index contributed by atoms with van der Waals surface area (Å²) in [5, 5.41) is 7.53. The zero-order valence-electron chi connectivity index (χ0n) is 16.2. The normalized spacial score (nSPS) is 11.6. The Hall–Kier alpha value is -2.44. The highest BCUT2D eigenvalue weighted by Gasteiger charge is 2.08. The van der Waals surface area contributed by atoms with E-state index in [1.165, 1.54) is 11.6 Å². The van der Waals surface area contributed by atoms with E-state index >= 15 is 0 Å². The Morgan fingerprint density at radius 2 is 1.93 bits per heavy atom. The first kappa shape index (κ1) is 22.6. The van der Waals surface area contributed by atoms with Crippen LogP contribution in [0.25, 0.3) is 10.9 Å². The molecule has 4 nitrogen and oxygen atoms in total. The number of nitrogens with zero attached hydrogens (tertiary/aromatic N) is 1. The Labute approximate surface area is 171 Å². The van der Waals surface area contributed by atoms with Gasteiger partial charge in [0.2, 0.25) is 0 Å². The van der Waals surface area contributed by atoms with Crippen LogP contribution in [-0.4, -0.2) is 17.7 Å². The smallest absolute Gasteiger partial charge is 0.109 e. The Morgan fingerprint density at radius 1 is 1.22 bits per heavy atom. The lowest BCUT2D eigenvalue weighted by Crippen LogP contribution is -2.09. The second-order valence-corrected chi connectivity index (χ2v) is 7.14. The van der Waals surface area contributed by atoms with E-state index in [4.69, 9.17) is 5.73 Å². The van der Waals surface area contributed by atoms with Crippen molar-refractivity contribution in [3.8, 4) is 0 Å². The molecule has 1 aromatic carbocycles. The minimum absolute atomic E-state index is 0.950. The number of allylic oxidation sites excluding steroid dienone is 3. The van der Waals surface area contributed by atoms with Crippen molar-refractivity contribution >= 4 is 40.6 Å². The largest absolute Gasteiger partial charge is 0.405 e. The van der Waals surface area contributed by atoms with Crippen LogP contribution in [-0.2, 0) is 0 Å². The van der Waals surface area contributed by atoms with Crippen molar-refractivity contribution in [1.82, 2.24) is 10.4 Å². The Balaban J connectivity index is 0.000000299. The maximum absolute atomic E-state index is 4.85. The topological polar surface area (TPSA) is 66.2 Å². The zero-order chi connectivity index (χ0) is 20.1. The van der Waals surface area contributed by atoms with E-state index in [2.05, 4.69) is 59.3 Å². The number of thiophene rings is 1. The number of para-hydroxylation sites is 1. The summed E-state index contributed by atoms with van der Waals surface area (Å²) in [5.41, 5.74) is 12.0. The van der Waals surface area contributed by atoms with Gasteiger partial charge in [0.15, 0.2) is 0 Å². The lowest BCUT2D eigenvalue weighted by atomic mass is 10.1. The molecular formula is C21H28N4S2. The first-order valence-corrected chi connectivity index (χ1v) is 9.91. The van der Waals surface area contributed by atoms with Crippen molar-refractivity contribution in [2.75, 3.05) is 7.05 Å². The number of hydrazone groups is 1. The minimum atomic E-state index is 0.950. The number of H-pyrrole nitrogens is 1. The number of fused-ring (bicyclic) bond motifs is 1. The molecule has 144 valence electrons. The van der Waals surface area contributed by atoms with Gasteiger partial charge in [-0.3, -0.25) is 0 Å². The van der Waals surface area contributed by atoms with Crippen molar-refractivity contribution in [3.05, 3.63) is 77.5 Å². The highest BCUT2D eigenvalue weighted by atomic mass is 32.2. The van der Waals surface area contributed by atoms with Crippen molar-refractivity contribution < 1.29 is 0 Å². The van der Waals surface area contributed by atoms with E-state index < -0.39 is 0 Å². The quantitative estimate of drug-likeness (QED) is 0.264. The molecule has 0 saturated carbocycles. The SMILES string of the molecule is C/C=C(C)/C(=N\NC)c1cc2ccccc2[nH]1.C/C=C/N.Sc1cccs1. The molecule has 0 aliphatic carbocycles. The van der Waals surface area contributed by atoms with Crippen LogP contribution in [0.15, 0.2) is 81.1 Å². The summed E-state index contributed by atoms with van der Waals surface area (Å²) < 4.78 is 1.08. The summed E-state index contributed by atoms with van der Waals surface area (Å²) in [5.74, 6) is 0. The molecule has 0 fully saturated rings. The average molecular weight is 401 g/mol. The first-order chi connectivity index (χ1) is 13.1. The number of thiol groups is 1. The third kappa shape index (κ3) is 7.76. The van der Waals surface area contributed by atoms with Gasteiger partial charge >= 0.3 is 0 Å². The van der Waals surface area contributed by atoms with Crippen molar-refractivity contribution in [2.45, 2.75) is 25.0 Å². The van der Waals surface area contributed by atoms with Gasteiger partial charge in [0.1, 0.15) is 5.71 Å². The molecule has 0 atom stereocenters. The molecule has 0 amide bonds. The standard InChI is InChI=1S/C14H17N3.C4H4S2.C3H7N/c1-4-10(2)14(17-15-3)13-9-11-7-5-6-8-12(11)16-13;5-4-2-1-3-6-4;1-2-3-4/h4-9,15-16H,1-3H3;1-3,5H;2-3H,4H2,1H3/b10-4+,17-14+;;3-2+. The molecule has 2 heterocycles. The Kier molecular flexibility index (Phi) is 10.7. The van der Waals surface area contributed by atoms with Crippen LogP contribution in [0.2, 0.25) is 0 Å². The third-order valence-corrected chi connectivity index (χ3v) is 4.65. The molecule has 4 N–H and O–H groups in total. The second kappa shape index (κ2) is 12.8. The lowest BCUT2D eigenvalue weighted by Gasteiger charge is -2.03. The number of nitrogens with one attached hydrogen (secondary N) is 2. The molecule has 3 rings (SSSR count). The number of rotatable bonds is 3. The Bertz CT molecular complexity index is 838. The minimum Gasteiger partial charge on any atom is -0.405 e. The number of aromatic nitrogens is 1. The predicted octanol–water partition coefficient (Wildman–Crippen LogP) is 5.57. The van der Waals surface area contributed by atoms with Crippen LogP contribution >= 0.6 is 24.0 Å². The van der Waals surface area contributed by atoms with Gasteiger partial charge in [-0.2, -0.15) is 5.10 Å². The second-order valence-electron chi connectivity index (χ2n) is 5.40. The number of hydrogen-bond acceptors (Lipinski definition) is 5. The molecule has 6 heteroatoms. The van der Waals surface area contributed by atoms with Crippen LogP contribution in [0.5, 0.6) is 0 Å². The van der Waals surface area contributed by atoms with Gasteiger partial charge in [-0.1, -0.05) is 36.4 Å². The van der Waals surface area contributed by atoms with Gasteiger partial charge in [-0.05, 0) is 56.1 Å². The fourth-order valence-corrected chi connectivity index (χ4v) is 2.80. The predicted molar refractivity (Wildman–Crippen MR) is 124 cm³/mol. The molecule has 0 aliphatic heterocycles. The average Bonchev–Trinajstić information content (AvgIpc) is 3.34. The van der Waals surface area contributed by atoms with E-state index in [0.29, 0.717) is 0 Å². The first-order valence-electron chi connectivity index (χ1n) is 8.58. The lowest BCUT2D eigenvalue weighted by molar-refractivity contribution is 0.899. The van der Waals surface area contributed by atoms with E-state index in [-0.39, 0.29) is 0 Å². The fraction of sp³-hybridized carbons (Fsp3) is 0.190. The van der Waals surface area contributed by atoms with Crippen LogP contribution in [0.1, 0.15) is 26.5 Å². The summed E-state index contributed by atoms with van der Waals surface area (Å²) in [6.07, 6.45) is 5.34. The van der Waals surface area contributed by atoms with E-state index in [1.54, 1.807) is 17.4 Å². The highest BCUT2D eigenvalue weighted by Crippen LogP contribution is 2.17. The van der Waals surface area contributed by atoms with Gasteiger partial charge in [0.05, 0.1) is 9.90 Å². The summed E-state index contributed by atoms with van der Waals surface area (Å²) in [7, 11) is 1.81. The molecule has 0 radical (unpaired) electrons. The maximum Gasteiger partial charge on any atom is 0.109 e. The van der Waals surface area contributed by atoms with Crippen molar-refractivity contribution in [2.24, 2.45) is 10.8 Å². The van der Waals surface area contributed by atoms with Gasteiger partial charge in [-0.15, -0.1) is 24.0 Å². The summed E-state index contributed by atoms with van der Waals surface area (Å²) in [6.45, 7) is 5.95. The van der Waals surface area contributed by atoms with Crippen LogP contribution < -0.4 is 11.2 Å². The summed E-state index contributed by atoms with van der Waals surface area (Å²) in [4.78, 5) is 3.38. The molecule has 0 unspecified atom stereocenters. The molecule has 0 aliphatic rings. The third-order valence-electron chi connectivity index (χ3n) is 3.51. The molecule has 0 spiro atoms. The Morgan fingerprint density at radius 3 is 2.37 bits per heavy atom. The monoisotopic (exact) mass is 400 g/mol. The molecule has 0 saturated heterocycles. The fourth-order valence-electron chi connectivity index (χ4n) is 2.08. The van der Waals surface area contributed by atoms with Crippen LogP contribution in [0.3, 0.4) is 0 Å². The molecule has 0 bridgehead atoms. The molecule has 3 aromatic rings. The van der Waals surface area contributed by atoms with Crippen LogP contribution in [0.4, 0.5) is 0 Å². The van der Waals surface area contributed by atoms with Crippen molar-refractivity contribution in [1.29, 1.82) is 0 Å².